The van der Waals surface area contributed by atoms with E-state index in [9.17, 15) is 0 Å². The van der Waals surface area contributed by atoms with E-state index in [1.54, 1.807) is 11.0 Å². The topological polar surface area (TPSA) is 67.5 Å². The average molecular weight is 346 g/mol. The van der Waals surface area contributed by atoms with E-state index < -0.39 is 0 Å². The molecule has 0 bridgehead atoms. The van der Waals surface area contributed by atoms with Crippen molar-refractivity contribution in [2.75, 3.05) is 5.43 Å². The van der Waals surface area contributed by atoms with Gasteiger partial charge in [0.05, 0.1) is 0 Å². The molecule has 1 aromatic heterocycles. The zero-order chi connectivity index (χ0) is 18.2. The van der Waals surface area contributed by atoms with Crippen LogP contribution in [0, 0.1) is 0 Å². The molecule has 6 heteroatoms. The van der Waals surface area contributed by atoms with Crippen LogP contribution in [0.3, 0.4) is 0 Å². The third-order valence-corrected chi connectivity index (χ3v) is 4.06. The summed E-state index contributed by atoms with van der Waals surface area (Å²) in [6.45, 7) is 4.18. The van der Waals surface area contributed by atoms with Crippen LogP contribution in [0.2, 0.25) is 0 Å². The van der Waals surface area contributed by atoms with Crippen LogP contribution >= 0.6 is 0 Å². The van der Waals surface area contributed by atoms with Crippen LogP contribution in [0.25, 0.3) is 0 Å². The summed E-state index contributed by atoms with van der Waals surface area (Å²) in [5, 5.41) is 16.6. The lowest BCUT2D eigenvalue weighted by molar-refractivity contribution is 0.862. The minimum atomic E-state index is 0.188. The number of rotatable bonds is 7. The lowest BCUT2D eigenvalue weighted by Gasteiger charge is -2.06. The Bertz CT molecular complexity index is 854. The summed E-state index contributed by atoms with van der Waals surface area (Å²) in [7, 11) is 0. The molecular weight excluding hydrogens is 324 g/mol. The minimum absolute atomic E-state index is 0.188. The van der Waals surface area contributed by atoms with E-state index in [0.29, 0.717) is 5.95 Å². The number of benzene rings is 2. The van der Waals surface area contributed by atoms with Gasteiger partial charge in [-0.3, -0.25) is 0 Å². The molecule has 0 aliphatic heterocycles. The Balaban J connectivity index is 1.62. The number of anilines is 1. The lowest BCUT2D eigenvalue weighted by Crippen LogP contribution is -2.02. The van der Waals surface area contributed by atoms with Gasteiger partial charge in [0.15, 0.2) is 0 Å². The van der Waals surface area contributed by atoms with E-state index in [4.69, 9.17) is 0 Å². The molecule has 132 valence electrons. The monoisotopic (exact) mass is 346 g/mol. The largest absolute Gasteiger partial charge is 0.265 e. The van der Waals surface area contributed by atoms with Crippen molar-refractivity contribution < 1.29 is 0 Å². The van der Waals surface area contributed by atoms with E-state index in [0.717, 1.165) is 0 Å². The first-order chi connectivity index (χ1) is 12.7. The number of hydrogen-bond donors (Lipinski definition) is 1. The van der Waals surface area contributed by atoms with E-state index in [2.05, 4.69) is 63.9 Å². The summed E-state index contributed by atoms with van der Waals surface area (Å²) in [4.78, 5) is 0. The summed E-state index contributed by atoms with van der Waals surface area (Å²) >= 11 is 0. The molecule has 0 radical (unpaired) electrons. The Labute approximate surface area is 153 Å². The Kier molecular flexibility index (Phi) is 5.88. The molecule has 1 heterocycles. The molecule has 2 atom stereocenters. The molecule has 3 rings (SSSR count). The van der Waals surface area contributed by atoms with Crippen LogP contribution in [0.5, 0.6) is 0 Å². The van der Waals surface area contributed by atoms with E-state index in [-0.39, 0.29) is 11.8 Å². The number of aromatic nitrogens is 3. The van der Waals surface area contributed by atoms with Crippen molar-refractivity contribution in [3.05, 3.63) is 78.1 Å². The molecule has 3 aromatic rings. The fourth-order valence-electron chi connectivity index (χ4n) is 2.45. The van der Waals surface area contributed by atoms with Gasteiger partial charge in [0.1, 0.15) is 6.33 Å². The second kappa shape index (κ2) is 8.71. The van der Waals surface area contributed by atoms with Gasteiger partial charge < -0.3 is 0 Å². The third kappa shape index (κ3) is 4.63. The second-order valence-corrected chi connectivity index (χ2v) is 6.05. The van der Waals surface area contributed by atoms with Crippen LogP contribution in [-0.4, -0.2) is 27.3 Å². The Morgan fingerprint density at radius 3 is 2.08 bits per heavy atom. The van der Waals surface area contributed by atoms with Gasteiger partial charge >= 0.3 is 0 Å². The number of hydrazone groups is 1. The molecule has 0 saturated carbocycles. The van der Waals surface area contributed by atoms with Gasteiger partial charge in [-0.2, -0.15) is 14.9 Å². The van der Waals surface area contributed by atoms with Gasteiger partial charge in [0, 0.05) is 24.3 Å². The summed E-state index contributed by atoms with van der Waals surface area (Å²) in [6.07, 6.45) is 5.25. The quantitative estimate of drug-likeness (QED) is 0.517. The first kappa shape index (κ1) is 17.5. The number of nitrogens with one attached hydrogen (secondary N) is 1. The van der Waals surface area contributed by atoms with Crippen molar-refractivity contribution >= 4 is 18.4 Å². The Morgan fingerprint density at radius 2 is 1.46 bits per heavy atom. The molecule has 6 nitrogen and oxygen atoms in total. The first-order valence-corrected chi connectivity index (χ1v) is 8.57. The standard InChI is InChI=1S/C20H22N6/c1-16(18-9-5-3-6-10-18)13-21-24-20-25-22-15-26(20)23-14-17(2)19-11-7-4-8-12-19/h3-17H,1-2H3,(H,24,25). The smallest absolute Gasteiger partial charge is 0.244 e. The maximum absolute atomic E-state index is 4.43. The maximum Gasteiger partial charge on any atom is 0.265 e. The fraction of sp³-hybridized carbons (Fsp3) is 0.200. The van der Waals surface area contributed by atoms with E-state index >= 15 is 0 Å². The molecule has 2 aromatic carbocycles. The van der Waals surface area contributed by atoms with Gasteiger partial charge in [-0.25, -0.2) is 5.43 Å². The van der Waals surface area contributed by atoms with Gasteiger partial charge in [0.2, 0.25) is 0 Å². The van der Waals surface area contributed by atoms with Crippen molar-refractivity contribution in [3.8, 4) is 0 Å². The molecule has 0 aliphatic rings. The highest BCUT2D eigenvalue weighted by atomic mass is 15.5. The molecule has 0 aliphatic carbocycles. The van der Waals surface area contributed by atoms with Gasteiger partial charge in [-0.1, -0.05) is 74.5 Å². The van der Waals surface area contributed by atoms with Crippen molar-refractivity contribution in [1.29, 1.82) is 0 Å². The molecule has 0 spiro atoms. The zero-order valence-corrected chi connectivity index (χ0v) is 14.9. The summed E-state index contributed by atoms with van der Waals surface area (Å²) in [6, 6.07) is 20.4. The van der Waals surface area contributed by atoms with E-state index in [1.807, 2.05) is 48.8 Å². The molecule has 2 unspecified atom stereocenters. The van der Waals surface area contributed by atoms with Crippen LogP contribution in [0.15, 0.2) is 77.2 Å². The molecule has 0 saturated heterocycles. The van der Waals surface area contributed by atoms with E-state index in [1.165, 1.54) is 11.1 Å². The Hall–Kier alpha value is -3.28. The van der Waals surface area contributed by atoms with Crippen molar-refractivity contribution in [2.24, 2.45) is 10.2 Å². The molecule has 0 amide bonds. The minimum Gasteiger partial charge on any atom is -0.244 e. The van der Waals surface area contributed by atoms with Crippen molar-refractivity contribution in [1.82, 2.24) is 14.9 Å². The first-order valence-electron chi connectivity index (χ1n) is 8.57. The summed E-state index contributed by atoms with van der Waals surface area (Å²) in [5.41, 5.74) is 5.31. The van der Waals surface area contributed by atoms with Crippen LogP contribution < -0.4 is 5.43 Å². The number of nitrogens with zero attached hydrogens (tertiary/aromatic N) is 5. The predicted octanol–water partition coefficient (Wildman–Crippen LogP) is 4.12. The highest BCUT2D eigenvalue weighted by Crippen LogP contribution is 2.13. The highest BCUT2D eigenvalue weighted by molar-refractivity contribution is 5.68. The normalized spacial score (nSPS) is 13.9. The van der Waals surface area contributed by atoms with Crippen LogP contribution in [0.1, 0.15) is 36.8 Å². The van der Waals surface area contributed by atoms with Gasteiger partial charge in [-0.15, -0.1) is 10.2 Å². The summed E-state index contributed by atoms with van der Waals surface area (Å²) in [5.74, 6) is 0.854. The SMILES string of the molecule is CC(C=NNc1nncn1N=CC(C)c1ccccc1)c1ccccc1. The highest BCUT2D eigenvalue weighted by Gasteiger charge is 2.05. The van der Waals surface area contributed by atoms with Gasteiger partial charge in [0.25, 0.3) is 5.95 Å². The average Bonchev–Trinajstić information content (AvgIpc) is 3.14. The maximum atomic E-state index is 4.43. The second-order valence-electron chi connectivity index (χ2n) is 6.05. The molecule has 0 fully saturated rings. The van der Waals surface area contributed by atoms with Crippen LogP contribution in [0.4, 0.5) is 5.95 Å². The zero-order valence-electron chi connectivity index (χ0n) is 14.9. The lowest BCUT2D eigenvalue weighted by atomic mass is 10.0. The third-order valence-electron chi connectivity index (χ3n) is 4.06. The Morgan fingerprint density at radius 1 is 0.885 bits per heavy atom. The molecule has 26 heavy (non-hydrogen) atoms. The van der Waals surface area contributed by atoms with Gasteiger partial charge in [-0.05, 0) is 11.1 Å². The number of hydrogen-bond acceptors (Lipinski definition) is 5. The summed E-state index contributed by atoms with van der Waals surface area (Å²) < 4.78 is 1.57. The molecular formula is C20H22N6. The molecule has 1 N–H and O–H groups in total. The van der Waals surface area contributed by atoms with Crippen LogP contribution in [-0.2, 0) is 0 Å². The van der Waals surface area contributed by atoms with Crippen molar-refractivity contribution in [2.45, 2.75) is 25.7 Å². The fourth-order valence-corrected chi connectivity index (χ4v) is 2.45. The predicted molar refractivity (Wildman–Crippen MR) is 106 cm³/mol. The van der Waals surface area contributed by atoms with Crippen molar-refractivity contribution in [3.63, 3.8) is 0 Å².